The molecule has 2 N–H and O–H groups in total. The number of methoxy groups -OCH3 is 1. The van der Waals surface area contributed by atoms with E-state index in [-0.39, 0.29) is 5.69 Å². The van der Waals surface area contributed by atoms with E-state index < -0.39 is 17.6 Å². The van der Waals surface area contributed by atoms with E-state index in [1.165, 1.54) is 37.6 Å². The van der Waals surface area contributed by atoms with E-state index in [4.69, 9.17) is 9.47 Å². The van der Waals surface area contributed by atoms with Crippen LogP contribution in [0.15, 0.2) is 88.4 Å². The molecule has 0 aliphatic carbocycles. The van der Waals surface area contributed by atoms with Crippen molar-refractivity contribution in [2.24, 2.45) is 5.10 Å². The molecule has 0 aliphatic heterocycles. The predicted molar refractivity (Wildman–Crippen MR) is 140 cm³/mol. The Morgan fingerprint density at radius 3 is 2.53 bits per heavy atom. The molecule has 0 aromatic heterocycles. The summed E-state index contributed by atoms with van der Waals surface area (Å²) < 4.78 is 25.2. The lowest BCUT2D eigenvalue weighted by atomic mass is 10.1. The Balaban J connectivity index is 1.41. The third kappa shape index (κ3) is 6.05. The number of benzene rings is 4. The summed E-state index contributed by atoms with van der Waals surface area (Å²) in [6.45, 7) is 0.336. The van der Waals surface area contributed by atoms with Crippen molar-refractivity contribution >= 4 is 50.4 Å². The number of carbonyl (C=O) groups excluding carboxylic acids is 2. The average molecular weight is 550 g/mol. The second-order valence-electron chi connectivity index (χ2n) is 7.62. The first-order chi connectivity index (χ1) is 17.4. The van der Waals surface area contributed by atoms with Crippen LogP contribution in [-0.2, 0) is 16.2 Å². The number of halogens is 2. The molecular weight excluding hydrogens is 529 g/mol. The third-order valence-corrected chi connectivity index (χ3v) is 5.78. The van der Waals surface area contributed by atoms with E-state index in [0.717, 1.165) is 16.3 Å². The van der Waals surface area contributed by atoms with Crippen LogP contribution < -0.4 is 20.2 Å². The van der Waals surface area contributed by atoms with Crippen molar-refractivity contribution < 1.29 is 23.5 Å². The molecular formula is C27H21BrFN3O4. The van der Waals surface area contributed by atoms with Crippen LogP contribution in [0.3, 0.4) is 0 Å². The van der Waals surface area contributed by atoms with Gasteiger partial charge in [-0.3, -0.25) is 9.59 Å². The van der Waals surface area contributed by atoms with Crippen molar-refractivity contribution in [1.82, 2.24) is 5.43 Å². The third-order valence-electron chi connectivity index (χ3n) is 5.19. The normalized spacial score (nSPS) is 10.9. The van der Waals surface area contributed by atoms with Gasteiger partial charge in [0.1, 0.15) is 12.4 Å². The quantitative estimate of drug-likeness (QED) is 0.183. The smallest absolute Gasteiger partial charge is 0.329 e. The number of rotatable bonds is 7. The number of hydrazone groups is 1. The predicted octanol–water partition coefficient (Wildman–Crippen LogP) is 5.42. The van der Waals surface area contributed by atoms with E-state index in [9.17, 15) is 14.0 Å². The summed E-state index contributed by atoms with van der Waals surface area (Å²) >= 11 is 3.50. The molecule has 0 saturated carbocycles. The van der Waals surface area contributed by atoms with Gasteiger partial charge in [0.15, 0.2) is 11.5 Å². The second kappa shape index (κ2) is 11.5. The summed E-state index contributed by atoms with van der Waals surface area (Å²) in [5.74, 6) is -1.38. The molecule has 9 heteroatoms. The molecule has 4 rings (SSSR count). The zero-order valence-corrected chi connectivity index (χ0v) is 20.7. The van der Waals surface area contributed by atoms with Crippen LogP contribution in [0.2, 0.25) is 0 Å². The van der Waals surface area contributed by atoms with Crippen LogP contribution in [0.25, 0.3) is 10.8 Å². The minimum atomic E-state index is -0.975. The highest BCUT2D eigenvalue weighted by Crippen LogP contribution is 2.37. The summed E-state index contributed by atoms with van der Waals surface area (Å²) in [7, 11) is 1.52. The summed E-state index contributed by atoms with van der Waals surface area (Å²) in [4.78, 5) is 24.0. The van der Waals surface area contributed by atoms with Gasteiger partial charge in [-0.1, -0.05) is 42.5 Å². The number of carbonyl (C=O) groups is 2. The molecule has 36 heavy (non-hydrogen) atoms. The fourth-order valence-electron chi connectivity index (χ4n) is 3.46. The molecule has 0 radical (unpaired) electrons. The van der Waals surface area contributed by atoms with E-state index in [2.05, 4.69) is 43.9 Å². The van der Waals surface area contributed by atoms with Crippen LogP contribution >= 0.6 is 15.9 Å². The number of ether oxygens (including phenoxy) is 2. The lowest BCUT2D eigenvalue weighted by Crippen LogP contribution is -2.32. The number of nitrogens with zero attached hydrogens (tertiary/aromatic N) is 1. The molecule has 4 aromatic carbocycles. The second-order valence-corrected chi connectivity index (χ2v) is 8.48. The molecule has 4 aromatic rings. The SMILES string of the molecule is COc1cc(/C=N/NC(=O)C(=O)Nc2ccc(F)cc2)cc(Br)c1OCc1cccc2ccccc12. The molecule has 0 aliphatic rings. The maximum Gasteiger partial charge on any atom is 0.329 e. The van der Waals surface area contributed by atoms with Crippen molar-refractivity contribution in [2.75, 3.05) is 12.4 Å². The Morgan fingerprint density at radius 1 is 1.00 bits per heavy atom. The van der Waals surface area contributed by atoms with Crippen LogP contribution in [0.1, 0.15) is 11.1 Å². The van der Waals surface area contributed by atoms with Gasteiger partial charge in [0.05, 0.1) is 17.8 Å². The molecule has 0 atom stereocenters. The Hall–Kier alpha value is -4.24. The van der Waals surface area contributed by atoms with Gasteiger partial charge in [-0.15, -0.1) is 0 Å². The van der Waals surface area contributed by atoms with E-state index in [1.807, 2.05) is 30.3 Å². The standard InChI is InChI=1S/C27H21BrFN3O4/c1-35-24-14-17(15-30-32-27(34)26(33)31-21-11-9-20(29)10-12-21)13-23(28)25(24)36-16-19-7-4-6-18-5-2-3-8-22(18)19/h2-15H,16H2,1H3,(H,31,33)(H,32,34)/b30-15+. The van der Waals surface area contributed by atoms with Gasteiger partial charge < -0.3 is 14.8 Å². The zero-order chi connectivity index (χ0) is 25.5. The highest BCUT2D eigenvalue weighted by Gasteiger charge is 2.14. The van der Waals surface area contributed by atoms with Crippen LogP contribution in [0.5, 0.6) is 11.5 Å². The Kier molecular flexibility index (Phi) is 7.92. The van der Waals surface area contributed by atoms with Crippen molar-refractivity contribution in [2.45, 2.75) is 6.61 Å². The monoisotopic (exact) mass is 549 g/mol. The summed E-state index contributed by atoms with van der Waals surface area (Å²) in [5.41, 5.74) is 4.07. The number of hydrogen-bond acceptors (Lipinski definition) is 5. The van der Waals surface area contributed by atoms with Crippen molar-refractivity contribution in [3.8, 4) is 11.5 Å². The average Bonchev–Trinajstić information content (AvgIpc) is 2.89. The van der Waals surface area contributed by atoms with Crippen molar-refractivity contribution in [1.29, 1.82) is 0 Å². The van der Waals surface area contributed by atoms with Crippen LogP contribution in [0, 0.1) is 5.82 Å². The molecule has 0 fully saturated rings. The highest BCUT2D eigenvalue weighted by molar-refractivity contribution is 9.10. The van der Waals surface area contributed by atoms with Crippen molar-refractivity contribution in [3.05, 3.63) is 100 Å². The largest absolute Gasteiger partial charge is 0.493 e. The van der Waals surface area contributed by atoms with Gasteiger partial charge >= 0.3 is 11.8 Å². The molecule has 0 bridgehead atoms. The Labute approximate surface area is 215 Å². The summed E-state index contributed by atoms with van der Waals surface area (Å²) in [6, 6.07) is 22.6. The topological polar surface area (TPSA) is 89.0 Å². The van der Waals surface area contributed by atoms with Gasteiger partial charge in [0.25, 0.3) is 0 Å². The summed E-state index contributed by atoms with van der Waals surface area (Å²) in [5, 5.41) is 8.42. The molecule has 2 amide bonds. The van der Waals surface area contributed by atoms with Gasteiger partial charge in [0.2, 0.25) is 0 Å². The number of hydrogen-bond donors (Lipinski definition) is 2. The van der Waals surface area contributed by atoms with E-state index >= 15 is 0 Å². The first-order valence-corrected chi connectivity index (χ1v) is 11.6. The Morgan fingerprint density at radius 2 is 1.75 bits per heavy atom. The molecule has 0 spiro atoms. The van der Waals surface area contributed by atoms with Gasteiger partial charge in [0, 0.05) is 5.69 Å². The van der Waals surface area contributed by atoms with Crippen molar-refractivity contribution in [3.63, 3.8) is 0 Å². The Bertz CT molecular complexity index is 1440. The maximum atomic E-state index is 13.0. The van der Waals surface area contributed by atoms with E-state index in [0.29, 0.717) is 28.1 Å². The molecule has 0 unspecified atom stereocenters. The van der Waals surface area contributed by atoms with Gasteiger partial charge in [-0.25, -0.2) is 9.82 Å². The lowest BCUT2D eigenvalue weighted by Gasteiger charge is -2.14. The highest BCUT2D eigenvalue weighted by atomic mass is 79.9. The van der Waals surface area contributed by atoms with Gasteiger partial charge in [-0.05, 0) is 74.2 Å². The first-order valence-electron chi connectivity index (χ1n) is 10.8. The van der Waals surface area contributed by atoms with Crippen LogP contribution in [0.4, 0.5) is 10.1 Å². The summed E-state index contributed by atoms with van der Waals surface area (Å²) in [6.07, 6.45) is 1.37. The fraction of sp³-hybridized carbons (Fsp3) is 0.0741. The minimum absolute atomic E-state index is 0.285. The number of nitrogens with one attached hydrogen (secondary N) is 2. The number of anilines is 1. The van der Waals surface area contributed by atoms with Crippen LogP contribution in [-0.4, -0.2) is 25.1 Å². The minimum Gasteiger partial charge on any atom is -0.493 e. The molecule has 7 nitrogen and oxygen atoms in total. The molecule has 182 valence electrons. The van der Waals surface area contributed by atoms with E-state index in [1.54, 1.807) is 12.1 Å². The zero-order valence-electron chi connectivity index (χ0n) is 19.1. The first kappa shape index (κ1) is 24.9. The molecule has 0 saturated heterocycles. The van der Waals surface area contributed by atoms with Gasteiger partial charge in [-0.2, -0.15) is 5.10 Å². The number of fused-ring (bicyclic) bond motifs is 1. The fourth-order valence-corrected chi connectivity index (χ4v) is 4.03. The number of amides is 2. The lowest BCUT2D eigenvalue weighted by molar-refractivity contribution is -0.136. The maximum absolute atomic E-state index is 13.0. The molecule has 0 heterocycles.